The highest BCUT2D eigenvalue weighted by Gasteiger charge is 2.15. The van der Waals surface area contributed by atoms with Crippen molar-refractivity contribution in [3.8, 4) is 11.8 Å². The molecule has 0 fully saturated rings. The van der Waals surface area contributed by atoms with Crippen LogP contribution in [0.4, 0.5) is 4.39 Å². The Hall–Kier alpha value is -1.68. The zero-order valence-corrected chi connectivity index (χ0v) is 12.5. The fourth-order valence-electron chi connectivity index (χ4n) is 1.98. The molecule has 0 unspecified atom stereocenters. The van der Waals surface area contributed by atoms with Gasteiger partial charge in [0.1, 0.15) is 11.9 Å². The van der Waals surface area contributed by atoms with Crippen LogP contribution in [0.3, 0.4) is 0 Å². The molecular weight excluding hydrogens is 358 g/mol. The number of nitriles is 1. The van der Waals surface area contributed by atoms with E-state index in [1.165, 1.54) is 19.1 Å². The summed E-state index contributed by atoms with van der Waals surface area (Å²) >= 11 is 2.10. The van der Waals surface area contributed by atoms with E-state index in [0.29, 0.717) is 11.3 Å². The van der Waals surface area contributed by atoms with Crippen LogP contribution in [-0.4, -0.2) is 10.4 Å². The molecule has 0 saturated heterocycles. The third kappa shape index (κ3) is 2.40. The number of aromatic nitrogens is 1. The first-order valence-corrected chi connectivity index (χ1v) is 6.62. The smallest absolute Gasteiger partial charge is 0.161 e. The van der Waals surface area contributed by atoms with E-state index in [1.54, 1.807) is 22.8 Å². The van der Waals surface area contributed by atoms with E-state index < -0.39 is 5.82 Å². The molecule has 0 N–H and O–H groups in total. The molecule has 5 heteroatoms. The molecule has 0 atom stereocenters. The zero-order chi connectivity index (χ0) is 14.2. The average Bonchev–Trinajstić information content (AvgIpc) is 2.65. The van der Waals surface area contributed by atoms with Gasteiger partial charge in [-0.1, -0.05) is 0 Å². The Morgan fingerprint density at radius 1 is 1.42 bits per heavy atom. The van der Waals surface area contributed by atoms with Gasteiger partial charge in [0.15, 0.2) is 5.78 Å². The fourth-order valence-corrected chi connectivity index (χ4v) is 2.93. The quantitative estimate of drug-likeness (QED) is 0.601. The number of halogens is 2. The second-order valence-corrected chi connectivity index (χ2v) is 5.24. The van der Waals surface area contributed by atoms with Gasteiger partial charge in [-0.2, -0.15) is 5.26 Å². The van der Waals surface area contributed by atoms with E-state index in [0.717, 1.165) is 9.39 Å². The molecule has 0 aliphatic heterocycles. The lowest BCUT2D eigenvalue weighted by Crippen LogP contribution is -2.02. The average molecular weight is 368 g/mol. The van der Waals surface area contributed by atoms with Crippen molar-refractivity contribution in [1.82, 2.24) is 4.57 Å². The second kappa shape index (κ2) is 5.13. The van der Waals surface area contributed by atoms with Gasteiger partial charge in [0.25, 0.3) is 0 Å². The van der Waals surface area contributed by atoms with E-state index in [1.807, 2.05) is 6.92 Å². The molecule has 0 saturated carbocycles. The minimum atomic E-state index is -0.562. The highest BCUT2D eigenvalue weighted by molar-refractivity contribution is 14.1. The Labute approximate surface area is 123 Å². The molecule has 0 bridgehead atoms. The van der Waals surface area contributed by atoms with E-state index in [-0.39, 0.29) is 11.3 Å². The van der Waals surface area contributed by atoms with Crippen molar-refractivity contribution in [2.45, 2.75) is 13.8 Å². The summed E-state index contributed by atoms with van der Waals surface area (Å²) in [5.74, 6) is -0.587. The number of ketones is 1. The Morgan fingerprint density at radius 3 is 2.58 bits per heavy atom. The third-order valence-electron chi connectivity index (χ3n) is 2.91. The van der Waals surface area contributed by atoms with Gasteiger partial charge in [0.05, 0.1) is 9.26 Å². The van der Waals surface area contributed by atoms with Crippen LogP contribution < -0.4 is 0 Å². The number of hydrogen-bond acceptors (Lipinski definition) is 2. The molecule has 1 aromatic heterocycles. The lowest BCUT2D eigenvalue weighted by atomic mass is 10.2. The number of nitrogens with zero attached hydrogens (tertiary/aromatic N) is 2. The van der Waals surface area contributed by atoms with Crippen molar-refractivity contribution in [2.24, 2.45) is 0 Å². The maximum atomic E-state index is 13.7. The van der Waals surface area contributed by atoms with E-state index in [2.05, 4.69) is 22.6 Å². The van der Waals surface area contributed by atoms with Crippen molar-refractivity contribution >= 4 is 28.4 Å². The van der Waals surface area contributed by atoms with Crippen molar-refractivity contribution in [2.75, 3.05) is 0 Å². The number of rotatable bonds is 2. The standard InChI is InChI=1S/C14H10FIN2O/c1-8-12(9(2)19)6-14(16)18(8)11-4-3-10(7-17)13(15)5-11/h3-6H,1-2H3. The largest absolute Gasteiger partial charge is 0.308 e. The summed E-state index contributed by atoms with van der Waals surface area (Å²) in [5, 5.41) is 8.72. The molecule has 2 aromatic rings. The van der Waals surface area contributed by atoms with Gasteiger partial charge < -0.3 is 4.57 Å². The van der Waals surface area contributed by atoms with Crippen LogP contribution in [0.1, 0.15) is 28.5 Å². The summed E-state index contributed by atoms with van der Waals surface area (Å²) in [4.78, 5) is 11.5. The van der Waals surface area contributed by atoms with Crippen LogP contribution in [0, 0.1) is 27.8 Å². The number of carbonyl (C=O) groups excluding carboxylic acids is 1. The lowest BCUT2D eigenvalue weighted by molar-refractivity contribution is 0.101. The number of hydrogen-bond donors (Lipinski definition) is 0. The Balaban J connectivity index is 2.63. The van der Waals surface area contributed by atoms with E-state index in [9.17, 15) is 9.18 Å². The molecule has 0 amide bonds. The minimum Gasteiger partial charge on any atom is -0.308 e. The van der Waals surface area contributed by atoms with Crippen molar-refractivity contribution in [3.63, 3.8) is 0 Å². The molecule has 0 spiro atoms. The van der Waals surface area contributed by atoms with Crippen LogP contribution in [0.25, 0.3) is 5.69 Å². The molecule has 3 nitrogen and oxygen atoms in total. The highest BCUT2D eigenvalue weighted by Crippen LogP contribution is 2.24. The second-order valence-electron chi connectivity index (χ2n) is 4.13. The first-order valence-electron chi connectivity index (χ1n) is 5.54. The molecule has 2 rings (SSSR count). The van der Waals surface area contributed by atoms with Gasteiger partial charge in [0.2, 0.25) is 0 Å². The predicted molar refractivity (Wildman–Crippen MR) is 77.9 cm³/mol. The molecule has 0 aliphatic carbocycles. The van der Waals surface area contributed by atoms with Crippen LogP contribution in [-0.2, 0) is 0 Å². The zero-order valence-electron chi connectivity index (χ0n) is 10.4. The van der Waals surface area contributed by atoms with Crippen molar-refractivity contribution in [1.29, 1.82) is 5.26 Å². The summed E-state index contributed by atoms with van der Waals surface area (Å²) in [5.41, 5.74) is 2.00. The topological polar surface area (TPSA) is 45.8 Å². The van der Waals surface area contributed by atoms with Crippen molar-refractivity contribution in [3.05, 3.63) is 50.6 Å². The summed E-state index contributed by atoms with van der Waals surface area (Å²) in [6.45, 7) is 3.32. The maximum absolute atomic E-state index is 13.7. The predicted octanol–water partition coefficient (Wildman–Crippen LogP) is 3.60. The number of carbonyl (C=O) groups is 1. The molecule has 19 heavy (non-hydrogen) atoms. The molecule has 0 radical (unpaired) electrons. The van der Waals surface area contributed by atoms with Crippen LogP contribution in [0.15, 0.2) is 24.3 Å². The van der Waals surface area contributed by atoms with Gasteiger partial charge in [-0.05, 0) is 60.7 Å². The van der Waals surface area contributed by atoms with Gasteiger partial charge in [-0.15, -0.1) is 0 Å². The fraction of sp³-hybridized carbons (Fsp3) is 0.143. The van der Waals surface area contributed by atoms with Crippen molar-refractivity contribution < 1.29 is 9.18 Å². The molecule has 0 aliphatic rings. The summed E-state index contributed by atoms with van der Waals surface area (Å²) < 4.78 is 16.3. The van der Waals surface area contributed by atoms with E-state index in [4.69, 9.17) is 5.26 Å². The minimum absolute atomic E-state index is 0.00959. The Bertz CT molecular complexity index is 713. The Morgan fingerprint density at radius 2 is 2.11 bits per heavy atom. The first-order chi connectivity index (χ1) is 8.95. The third-order valence-corrected chi connectivity index (χ3v) is 3.71. The summed E-state index contributed by atoms with van der Waals surface area (Å²) in [6.07, 6.45) is 0. The van der Waals surface area contributed by atoms with Gasteiger partial charge in [0, 0.05) is 16.9 Å². The van der Waals surface area contributed by atoms with Crippen LogP contribution in [0.2, 0.25) is 0 Å². The van der Waals surface area contributed by atoms with Gasteiger partial charge >= 0.3 is 0 Å². The van der Waals surface area contributed by atoms with Crippen LogP contribution in [0.5, 0.6) is 0 Å². The van der Waals surface area contributed by atoms with Crippen LogP contribution >= 0.6 is 22.6 Å². The SMILES string of the molecule is CC(=O)c1cc(I)n(-c2ccc(C#N)c(F)c2)c1C. The molecule has 1 aromatic carbocycles. The first kappa shape index (κ1) is 13.7. The molecular formula is C14H10FIN2O. The molecule has 96 valence electrons. The number of Topliss-reactive ketones (excluding diaryl/α,β-unsaturated/α-hetero) is 1. The van der Waals surface area contributed by atoms with Gasteiger partial charge in [-0.3, -0.25) is 4.79 Å². The normalized spacial score (nSPS) is 10.3. The monoisotopic (exact) mass is 368 g/mol. The Kier molecular flexibility index (Phi) is 3.71. The van der Waals surface area contributed by atoms with Gasteiger partial charge in [-0.25, -0.2) is 4.39 Å². The summed E-state index contributed by atoms with van der Waals surface area (Å²) in [7, 11) is 0. The van der Waals surface area contributed by atoms with E-state index >= 15 is 0 Å². The lowest BCUT2D eigenvalue weighted by Gasteiger charge is -2.09. The molecule has 1 heterocycles. The highest BCUT2D eigenvalue weighted by atomic mass is 127. The maximum Gasteiger partial charge on any atom is 0.161 e. The number of benzene rings is 1. The summed E-state index contributed by atoms with van der Waals surface area (Å²) in [6, 6.07) is 7.97.